The summed E-state index contributed by atoms with van der Waals surface area (Å²) in [5, 5.41) is 3.29. The summed E-state index contributed by atoms with van der Waals surface area (Å²) in [6, 6.07) is 7.73. The number of nitrogens with one attached hydrogen (secondary N) is 1. The predicted molar refractivity (Wildman–Crippen MR) is 99.2 cm³/mol. The Labute approximate surface area is 147 Å². The first-order valence-corrected chi connectivity index (χ1v) is 10.5. The minimum absolute atomic E-state index is 0.0921. The van der Waals surface area contributed by atoms with E-state index in [2.05, 4.69) is 5.32 Å². The zero-order chi connectivity index (χ0) is 17.0. The van der Waals surface area contributed by atoms with E-state index in [9.17, 15) is 9.00 Å². The Morgan fingerprint density at radius 2 is 1.88 bits per heavy atom. The molecule has 24 heavy (non-hydrogen) atoms. The van der Waals surface area contributed by atoms with Crippen LogP contribution in [0.25, 0.3) is 0 Å². The summed E-state index contributed by atoms with van der Waals surface area (Å²) < 4.78 is 12.6. The van der Waals surface area contributed by atoms with E-state index in [4.69, 9.17) is 5.73 Å². The summed E-state index contributed by atoms with van der Waals surface area (Å²) in [6.45, 7) is 0. The molecule has 0 heterocycles. The third-order valence-corrected chi connectivity index (χ3v) is 7.20. The Kier molecular flexibility index (Phi) is 5.72. The van der Waals surface area contributed by atoms with Crippen molar-refractivity contribution in [2.45, 2.75) is 74.3 Å². The van der Waals surface area contributed by atoms with Gasteiger partial charge in [0.1, 0.15) is 0 Å². The molecule has 0 aliphatic heterocycles. The van der Waals surface area contributed by atoms with Gasteiger partial charge in [-0.15, -0.1) is 0 Å². The number of carbonyl (C=O) groups is 1. The number of rotatable bonds is 5. The number of nitrogens with two attached hydrogens (primary N) is 1. The molecule has 0 bridgehead atoms. The molecule has 1 aromatic rings. The summed E-state index contributed by atoms with van der Waals surface area (Å²) in [4.78, 5) is 12.4. The maximum absolute atomic E-state index is 12.6. The molecular weight excluding hydrogens is 320 g/mol. The van der Waals surface area contributed by atoms with Crippen molar-refractivity contribution in [2.75, 3.05) is 5.32 Å². The normalized spacial score (nSPS) is 22.2. The van der Waals surface area contributed by atoms with Crippen LogP contribution in [0.15, 0.2) is 24.3 Å². The van der Waals surface area contributed by atoms with Crippen molar-refractivity contribution < 1.29 is 9.00 Å². The van der Waals surface area contributed by atoms with Crippen LogP contribution in [0.3, 0.4) is 0 Å². The van der Waals surface area contributed by atoms with Gasteiger partial charge in [0.05, 0.1) is 5.54 Å². The van der Waals surface area contributed by atoms with E-state index in [-0.39, 0.29) is 5.91 Å². The van der Waals surface area contributed by atoms with Crippen molar-refractivity contribution >= 4 is 22.4 Å². The predicted octanol–water partition coefficient (Wildman–Crippen LogP) is 3.48. The molecule has 5 heteroatoms. The topological polar surface area (TPSA) is 72.2 Å². The van der Waals surface area contributed by atoms with Crippen molar-refractivity contribution in [3.8, 4) is 0 Å². The minimum Gasteiger partial charge on any atom is -0.324 e. The Balaban J connectivity index is 1.61. The van der Waals surface area contributed by atoms with E-state index >= 15 is 0 Å². The number of anilines is 1. The molecule has 132 valence electrons. The Hall–Kier alpha value is -1.20. The average molecular weight is 349 g/mol. The van der Waals surface area contributed by atoms with Crippen molar-refractivity contribution in [2.24, 2.45) is 5.73 Å². The molecule has 2 aliphatic rings. The maximum Gasteiger partial charge on any atom is 0.244 e. The van der Waals surface area contributed by atoms with E-state index < -0.39 is 16.3 Å². The maximum atomic E-state index is 12.6. The highest BCUT2D eigenvalue weighted by Gasteiger charge is 2.36. The van der Waals surface area contributed by atoms with Crippen LogP contribution in [0.4, 0.5) is 5.69 Å². The van der Waals surface area contributed by atoms with Gasteiger partial charge in [0.25, 0.3) is 0 Å². The highest BCUT2D eigenvalue weighted by atomic mass is 32.2. The fraction of sp³-hybridized carbons (Fsp3) is 0.632. The molecule has 0 saturated heterocycles. The van der Waals surface area contributed by atoms with Crippen LogP contribution in [0, 0.1) is 0 Å². The first-order chi connectivity index (χ1) is 11.6. The van der Waals surface area contributed by atoms with Gasteiger partial charge >= 0.3 is 0 Å². The van der Waals surface area contributed by atoms with Gasteiger partial charge in [-0.1, -0.05) is 44.2 Å². The molecule has 3 N–H and O–H groups in total. The van der Waals surface area contributed by atoms with Crippen molar-refractivity contribution in [3.63, 3.8) is 0 Å². The van der Waals surface area contributed by atoms with E-state index in [1.165, 1.54) is 19.3 Å². The third kappa shape index (κ3) is 4.25. The van der Waals surface area contributed by atoms with E-state index in [1.54, 1.807) is 0 Å². The first-order valence-electron chi connectivity index (χ1n) is 9.13. The van der Waals surface area contributed by atoms with Gasteiger partial charge in [-0.2, -0.15) is 0 Å². The van der Waals surface area contributed by atoms with Crippen LogP contribution in [0.1, 0.15) is 63.4 Å². The Morgan fingerprint density at radius 3 is 2.58 bits per heavy atom. The van der Waals surface area contributed by atoms with Gasteiger partial charge in [0, 0.05) is 27.5 Å². The molecule has 3 rings (SSSR count). The van der Waals surface area contributed by atoms with Gasteiger partial charge in [-0.25, -0.2) is 0 Å². The van der Waals surface area contributed by atoms with Gasteiger partial charge < -0.3 is 11.1 Å². The van der Waals surface area contributed by atoms with Crippen LogP contribution in [-0.4, -0.2) is 20.9 Å². The van der Waals surface area contributed by atoms with Crippen LogP contribution < -0.4 is 11.1 Å². The molecule has 1 unspecified atom stereocenters. The van der Waals surface area contributed by atoms with Crippen LogP contribution in [0.2, 0.25) is 0 Å². The molecule has 1 aromatic carbocycles. The van der Waals surface area contributed by atoms with E-state index in [0.717, 1.165) is 49.8 Å². The SMILES string of the molecule is NC1(C(=O)Nc2cccc(CS(=O)C3CCCCC3)c2)CCCC1. The zero-order valence-electron chi connectivity index (χ0n) is 14.3. The zero-order valence-corrected chi connectivity index (χ0v) is 15.1. The summed E-state index contributed by atoms with van der Waals surface area (Å²) >= 11 is 0. The molecule has 1 amide bonds. The quantitative estimate of drug-likeness (QED) is 0.856. The second kappa shape index (κ2) is 7.79. The van der Waals surface area contributed by atoms with Gasteiger partial charge in [-0.3, -0.25) is 9.00 Å². The summed E-state index contributed by atoms with van der Waals surface area (Å²) in [7, 11) is -0.826. The van der Waals surface area contributed by atoms with Crippen LogP contribution >= 0.6 is 0 Å². The highest BCUT2D eigenvalue weighted by molar-refractivity contribution is 7.84. The first kappa shape index (κ1) is 17.6. The second-order valence-corrected chi connectivity index (χ2v) is 9.02. The third-order valence-electron chi connectivity index (χ3n) is 5.37. The van der Waals surface area contributed by atoms with E-state index in [1.807, 2.05) is 24.3 Å². The van der Waals surface area contributed by atoms with Crippen molar-refractivity contribution in [3.05, 3.63) is 29.8 Å². The molecular formula is C19H28N2O2S. The lowest BCUT2D eigenvalue weighted by atomic mass is 9.98. The number of amides is 1. The summed E-state index contributed by atoms with van der Waals surface area (Å²) in [5.41, 5.74) is 7.27. The molecule has 2 fully saturated rings. The smallest absolute Gasteiger partial charge is 0.244 e. The number of hydrogen-bond acceptors (Lipinski definition) is 3. The van der Waals surface area contributed by atoms with E-state index in [0.29, 0.717) is 11.0 Å². The summed E-state index contributed by atoms with van der Waals surface area (Å²) in [5.74, 6) is 0.479. The molecule has 4 nitrogen and oxygen atoms in total. The lowest BCUT2D eigenvalue weighted by Crippen LogP contribution is -2.48. The largest absolute Gasteiger partial charge is 0.324 e. The molecule has 0 aromatic heterocycles. The summed E-state index contributed by atoms with van der Waals surface area (Å²) in [6.07, 6.45) is 9.38. The number of benzene rings is 1. The van der Waals surface area contributed by atoms with Gasteiger partial charge in [0.2, 0.25) is 5.91 Å². The van der Waals surface area contributed by atoms with Gasteiger partial charge in [0.15, 0.2) is 0 Å². The molecule has 0 spiro atoms. The highest BCUT2D eigenvalue weighted by Crippen LogP contribution is 2.29. The lowest BCUT2D eigenvalue weighted by Gasteiger charge is -2.23. The monoisotopic (exact) mass is 348 g/mol. The van der Waals surface area contributed by atoms with Crippen LogP contribution in [-0.2, 0) is 21.3 Å². The lowest BCUT2D eigenvalue weighted by molar-refractivity contribution is -0.121. The van der Waals surface area contributed by atoms with Crippen molar-refractivity contribution in [1.29, 1.82) is 0 Å². The molecule has 2 saturated carbocycles. The molecule has 0 radical (unpaired) electrons. The number of carbonyl (C=O) groups excluding carboxylic acids is 1. The minimum atomic E-state index is -0.826. The average Bonchev–Trinajstić information content (AvgIpc) is 3.04. The standard InChI is InChI=1S/C19H28N2O2S/c20-19(11-4-5-12-19)18(22)21-16-8-6-7-15(13-16)14-24(23)17-9-2-1-3-10-17/h6-8,13,17H,1-5,9-12,14,20H2,(H,21,22). The second-order valence-electron chi connectivity index (χ2n) is 7.30. The molecule has 1 atom stereocenters. The van der Waals surface area contributed by atoms with Crippen LogP contribution in [0.5, 0.6) is 0 Å². The van der Waals surface area contributed by atoms with Gasteiger partial charge in [-0.05, 0) is 43.4 Å². The fourth-order valence-corrected chi connectivity index (χ4v) is 5.44. The number of hydrogen-bond donors (Lipinski definition) is 2. The van der Waals surface area contributed by atoms with Crippen molar-refractivity contribution in [1.82, 2.24) is 0 Å². The molecule has 2 aliphatic carbocycles. The Bertz CT molecular complexity index is 605. The fourth-order valence-electron chi connectivity index (χ4n) is 3.84. The Morgan fingerprint density at radius 1 is 1.17 bits per heavy atom.